The van der Waals surface area contributed by atoms with Crippen molar-refractivity contribution in [2.45, 2.75) is 26.7 Å². The normalized spacial score (nSPS) is 10.1. The van der Waals surface area contributed by atoms with E-state index in [1.807, 2.05) is 31.2 Å². The molecule has 0 bridgehead atoms. The Kier molecular flexibility index (Phi) is 6.75. The van der Waals surface area contributed by atoms with Gasteiger partial charge in [-0.15, -0.1) is 0 Å². The lowest BCUT2D eigenvalue weighted by molar-refractivity contribution is 0.0977. The Morgan fingerprint density at radius 2 is 1.83 bits per heavy atom. The van der Waals surface area contributed by atoms with Crippen LogP contribution in [0.3, 0.4) is 0 Å². The van der Waals surface area contributed by atoms with E-state index < -0.39 is 0 Å². The number of hydrogen-bond donors (Lipinski definition) is 2. The topological polar surface area (TPSA) is 50.4 Å². The molecule has 5 heteroatoms. The van der Waals surface area contributed by atoms with Crippen LogP contribution in [0.5, 0.6) is 5.75 Å². The van der Waals surface area contributed by atoms with Crippen LogP contribution in [0, 0.1) is 6.92 Å². The number of amides is 1. The third kappa shape index (κ3) is 5.35. The van der Waals surface area contributed by atoms with E-state index in [1.54, 1.807) is 24.3 Å². The number of carbonyl (C=O) groups excluding carboxylic acids is 1. The number of anilines is 1. The van der Waals surface area contributed by atoms with Gasteiger partial charge in [0.2, 0.25) is 0 Å². The van der Waals surface area contributed by atoms with E-state index >= 15 is 0 Å². The zero-order valence-electron chi connectivity index (χ0n) is 14.0. The second-order valence-corrected chi connectivity index (χ2v) is 5.86. The molecule has 0 radical (unpaired) electrons. The molecule has 0 unspecified atom stereocenters. The molecule has 0 aliphatic carbocycles. The molecule has 2 rings (SSSR count). The summed E-state index contributed by atoms with van der Waals surface area (Å²) in [7, 11) is 0. The van der Waals surface area contributed by atoms with Crippen molar-refractivity contribution in [3.8, 4) is 5.75 Å². The fourth-order valence-corrected chi connectivity index (χ4v) is 2.28. The summed E-state index contributed by atoms with van der Waals surface area (Å²) in [6, 6.07) is 14.8. The maximum Gasteiger partial charge on any atom is 0.257 e. The van der Waals surface area contributed by atoms with Crippen LogP contribution in [0.1, 0.15) is 35.7 Å². The van der Waals surface area contributed by atoms with E-state index in [1.165, 1.54) is 0 Å². The van der Waals surface area contributed by atoms with Gasteiger partial charge >= 0.3 is 0 Å². The van der Waals surface area contributed by atoms with Crippen LogP contribution in [0.4, 0.5) is 5.69 Å². The molecule has 4 nitrogen and oxygen atoms in total. The Labute approximate surface area is 148 Å². The van der Waals surface area contributed by atoms with E-state index in [9.17, 15) is 4.79 Å². The predicted octanol–water partition coefficient (Wildman–Crippen LogP) is 4.30. The summed E-state index contributed by atoms with van der Waals surface area (Å²) in [6.07, 6.45) is 2.10. The van der Waals surface area contributed by atoms with Crippen molar-refractivity contribution in [1.29, 1.82) is 0 Å². The zero-order chi connectivity index (χ0) is 17.4. The lowest BCUT2D eigenvalue weighted by atomic mass is 10.2. The van der Waals surface area contributed by atoms with E-state index in [0.717, 1.165) is 29.8 Å². The van der Waals surface area contributed by atoms with Gasteiger partial charge in [0, 0.05) is 11.3 Å². The number of benzene rings is 2. The smallest absolute Gasteiger partial charge is 0.257 e. The highest BCUT2D eigenvalue weighted by atomic mass is 32.1. The Balaban J connectivity index is 1.89. The first-order valence-electron chi connectivity index (χ1n) is 8.01. The third-order valence-corrected chi connectivity index (χ3v) is 3.71. The number of nitrogens with one attached hydrogen (secondary N) is 2. The number of aryl methyl sites for hydroxylation is 1. The van der Waals surface area contributed by atoms with Crippen LogP contribution >= 0.6 is 12.2 Å². The highest BCUT2D eigenvalue weighted by Gasteiger charge is 2.09. The van der Waals surface area contributed by atoms with Crippen LogP contribution in [-0.4, -0.2) is 17.6 Å². The molecule has 24 heavy (non-hydrogen) atoms. The summed E-state index contributed by atoms with van der Waals surface area (Å²) in [6.45, 7) is 4.78. The molecule has 0 aromatic heterocycles. The van der Waals surface area contributed by atoms with Gasteiger partial charge in [0.25, 0.3) is 5.91 Å². The molecule has 2 aromatic rings. The fraction of sp³-hybridized carbons (Fsp3) is 0.263. The van der Waals surface area contributed by atoms with Crippen molar-refractivity contribution in [2.75, 3.05) is 11.9 Å². The van der Waals surface area contributed by atoms with Crippen LogP contribution in [0.2, 0.25) is 0 Å². The highest BCUT2D eigenvalue weighted by Crippen LogP contribution is 2.14. The van der Waals surface area contributed by atoms with Crippen molar-refractivity contribution >= 4 is 28.9 Å². The molecule has 0 heterocycles. The van der Waals surface area contributed by atoms with Gasteiger partial charge in [-0.25, -0.2) is 0 Å². The number of thiocarbonyl (C=S) groups is 1. The molecule has 1 amide bonds. The molecule has 0 aliphatic rings. The van der Waals surface area contributed by atoms with Gasteiger partial charge in [-0.05, 0) is 61.5 Å². The molecule has 0 aliphatic heterocycles. The average molecular weight is 342 g/mol. The lowest BCUT2D eigenvalue weighted by Gasteiger charge is -2.12. The fourth-order valence-electron chi connectivity index (χ4n) is 2.08. The summed E-state index contributed by atoms with van der Waals surface area (Å²) < 4.78 is 5.58. The van der Waals surface area contributed by atoms with Gasteiger partial charge in [-0.1, -0.05) is 31.5 Å². The van der Waals surface area contributed by atoms with Crippen molar-refractivity contribution in [1.82, 2.24) is 5.32 Å². The van der Waals surface area contributed by atoms with Crippen molar-refractivity contribution < 1.29 is 9.53 Å². The summed E-state index contributed by atoms with van der Waals surface area (Å²) in [5.41, 5.74) is 2.47. The van der Waals surface area contributed by atoms with Gasteiger partial charge in [0.1, 0.15) is 5.75 Å². The first-order chi connectivity index (χ1) is 11.6. The molecular formula is C19H22N2O2S. The minimum absolute atomic E-state index is 0.249. The van der Waals surface area contributed by atoms with E-state index in [4.69, 9.17) is 17.0 Å². The zero-order valence-corrected chi connectivity index (χ0v) is 14.8. The second kappa shape index (κ2) is 9.03. The maximum atomic E-state index is 12.2. The highest BCUT2D eigenvalue weighted by molar-refractivity contribution is 7.80. The Morgan fingerprint density at radius 1 is 1.12 bits per heavy atom. The number of rotatable bonds is 6. The minimum Gasteiger partial charge on any atom is -0.494 e. The Bertz CT molecular complexity index is 699. The summed E-state index contributed by atoms with van der Waals surface area (Å²) in [5, 5.41) is 5.99. The lowest BCUT2D eigenvalue weighted by Crippen LogP contribution is -2.34. The van der Waals surface area contributed by atoms with Crippen molar-refractivity contribution in [2.24, 2.45) is 0 Å². The minimum atomic E-state index is -0.249. The Hall–Kier alpha value is -2.40. The monoisotopic (exact) mass is 342 g/mol. The van der Waals surface area contributed by atoms with Gasteiger partial charge in [0.05, 0.1) is 6.61 Å². The van der Waals surface area contributed by atoms with Crippen LogP contribution < -0.4 is 15.4 Å². The average Bonchev–Trinajstić information content (AvgIpc) is 2.58. The number of para-hydroxylation sites is 1. The standard InChI is InChI=1S/C19H22N2O2S/c1-3-4-13-23-16-11-9-15(10-12-16)18(22)21-19(24)20-17-8-6-5-7-14(17)2/h5-12H,3-4,13H2,1-2H3,(H2,20,21,22,24). The molecule has 0 saturated heterocycles. The maximum absolute atomic E-state index is 12.2. The quantitative estimate of drug-likeness (QED) is 0.607. The van der Waals surface area contributed by atoms with E-state index in [0.29, 0.717) is 12.2 Å². The molecular weight excluding hydrogens is 320 g/mol. The van der Waals surface area contributed by atoms with E-state index in [-0.39, 0.29) is 11.0 Å². The molecule has 0 saturated carbocycles. The number of carbonyl (C=O) groups is 1. The SMILES string of the molecule is CCCCOc1ccc(C(=O)NC(=S)Nc2ccccc2C)cc1. The molecule has 2 aromatic carbocycles. The van der Waals surface area contributed by atoms with Gasteiger partial charge < -0.3 is 10.1 Å². The largest absolute Gasteiger partial charge is 0.494 e. The first-order valence-corrected chi connectivity index (χ1v) is 8.42. The van der Waals surface area contributed by atoms with Crippen LogP contribution in [0.15, 0.2) is 48.5 Å². The van der Waals surface area contributed by atoms with Gasteiger partial charge in [0.15, 0.2) is 5.11 Å². The summed E-state index contributed by atoms with van der Waals surface area (Å²) in [4.78, 5) is 12.2. The van der Waals surface area contributed by atoms with Crippen molar-refractivity contribution in [3.63, 3.8) is 0 Å². The van der Waals surface area contributed by atoms with Crippen LogP contribution in [-0.2, 0) is 0 Å². The van der Waals surface area contributed by atoms with Gasteiger partial charge in [-0.2, -0.15) is 0 Å². The molecule has 0 atom stereocenters. The molecule has 2 N–H and O–H groups in total. The molecule has 126 valence electrons. The van der Waals surface area contributed by atoms with E-state index in [2.05, 4.69) is 17.6 Å². The second-order valence-electron chi connectivity index (χ2n) is 5.45. The molecule has 0 fully saturated rings. The predicted molar refractivity (Wildman–Crippen MR) is 102 cm³/mol. The van der Waals surface area contributed by atoms with Gasteiger partial charge in [-0.3, -0.25) is 10.1 Å². The first kappa shape index (κ1) is 17.9. The number of hydrogen-bond acceptors (Lipinski definition) is 3. The number of unbranched alkanes of at least 4 members (excludes halogenated alkanes) is 1. The summed E-state index contributed by atoms with van der Waals surface area (Å²) in [5.74, 6) is 0.516. The van der Waals surface area contributed by atoms with Crippen LogP contribution in [0.25, 0.3) is 0 Å². The number of ether oxygens (including phenoxy) is 1. The summed E-state index contributed by atoms with van der Waals surface area (Å²) >= 11 is 5.20. The molecule has 0 spiro atoms. The Morgan fingerprint density at radius 3 is 2.50 bits per heavy atom. The third-order valence-electron chi connectivity index (χ3n) is 3.50. The van der Waals surface area contributed by atoms with Crippen molar-refractivity contribution in [3.05, 3.63) is 59.7 Å².